The van der Waals surface area contributed by atoms with Crippen LogP contribution in [0.5, 0.6) is 0 Å². The molecular weight excluding hydrogens is 262 g/mol. The molecule has 1 aliphatic rings. The number of nitrogens with one attached hydrogen (secondary N) is 1. The van der Waals surface area contributed by atoms with Gasteiger partial charge < -0.3 is 9.72 Å². The van der Waals surface area contributed by atoms with Gasteiger partial charge in [0.2, 0.25) is 0 Å². The van der Waals surface area contributed by atoms with Crippen molar-refractivity contribution in [2.24, 2.45) is 0 Å². The Morgan fingerprint density at radius 2 is 2.26 bits per heavy atom. The summed E-state index contributed by atoms with van der Waals surface area (Å²) in [5.74, 6) is 1.35. The molecule has 5 heteroatoms. The first-order chi connectivity index (χ1) is 9.31. The lowest BCUT2D eigenvalue weighted by Crippen LogP contribution is -1.99. The van der Waals surface area contributed by atoms with E-state index in [0.29, 0.717) is 10.9 Å². The number of nitrogens with zero attached hydrogens (tertiary/aromatic N) is 2. The van der Waals surface area contributed by atoms with E-state index in [4.69, 9.17) is 16.3 Å². The molecule has 4 rings (SSSR count). The highest BCUT2D eigenvalue weighted by Crippen LogP contribution is 2.29. The smallest absolute Gasteiger partial charge is 0.112 e. The Bertz CT molecular complexity index is 762. The molecule has 0 aliphatic carbocycles. The van der Waals surface area contributed by atoms with Gasteiger partial charge >= 0.3 is 0 Å². The van der Waals surface area contributed by atoms with Gasteiger partial charge in [0.1, 0.15) is 11.3 Å². The molecule has 96 valence electrons. The van der Waals surface area contributed by atoms with Gasteiger partial charge in [0.25, 0.3) is 0 Å². The Kier molecular flexibility index (Phi) is 2.47. The van der Waals surface area contributed by atoms with Crippen molar-refractivity contribution in [1.29, 1.82) is 0 Å². The molecule has 19 heavy (non-hydrogen) atoms. The van der Waals surface area contributed by atoms with Crippen LogP contribution in [0.15, 0.2) is 24.4 Å². The summed E-state index contributed by atoms with van der Waals surface area (Å²) in [7, 11) is 0. The molecule has 0 bridgehead atoms. The van der Waals surface area contributed by atoms with Crippen molar-refractivity contribution in [2.75, 3.05) is 13.2 Å². The fraction of sp³-hybridized carbons (Fsp3) is 0.286. The lowest BCUT2D eigenvalue weighted by atomic mass is 10.1. The third-order valence-corrected chi connectivity index (χ3v) is 3.86. The van der Waals surface area contributed by atoms with E-state index in [1.54, 1.807) is 6.20 Å². The molecule has 0 radical (unpaired) electrons. The van der Waals surface area contributed by atoms with E-state index in [2.05, 4.69) is 15.0 Å². The minimum atomic E-state index is 0.363. The molecule has 0 saturated carbocycles. The van der Waals surface area contributed by atoms with Crippen LogP contribution in [-0.2, 0) is 4.74 Å². The number of pyridine rings is 1. The summed E-state index contributed by atoms with van der Waals surface area (Å²) < 4.78 is 5.42. The highest BCUT2D eigenvalue weighted by Gasteiger charge is 2.21. The molecule has 1 saturated heterocycles. The maximum atomic E-state index is 6.07. The topological polar surface area (TPSA) is 50.8 Å². The van der Waals surface area contributed by atoms with Gasteiger partial charge in [0.05, 0.1) is 23.8 Å². The average Bonchev–Trinajstić information content (AvgIpc) is 3.07. The first kappa shape index (κ1) is 11.2. The molecule has 1 atom stereocenters. The summed E-state index contributed by atoms with van der Waals surface area (Å²) in [6, 6.07) is 5.71. The van der Waals surface area contributed by atoms with Gasteiger partial charge in [-0.25, -0.2) is 4.98 Å². The number of aromatic amines is 1. The Balaban J connectivity index is 1.96. The number of H-pyrrole nitrogens is 1. The van der Waals surface area contributed by atoms with Crippen molar-refractivity contribution in [3.05, 3.63) is 35.2 Å². The average molecular weight is 274 g/mol. The van der Waals surface area contributed by atoms with Crippen LogP contribution < -0.4 is 0 Å². The van der Waals surface area contributed by atoms with Crippen LogP contribution in [0.1, 0.15) is 18.2 Å². The summed E-state index contributed by atoms with van der Waals surface area (Å²) in [6.45, 7) is 1.55. The third kappa shape index (κ3) is 1.79. The molecule has 0 spiro atoms. The number of imidazole rings is 1. The minimum Gasteiger partial charge on any atom is -0.381 e. The fourth-order valence-electron chi connectivity index (χ4n) is 2.60. The van der Waals surface area contributed by atoms with E-state index in [1.165, 1.54) is 0 Å². The largest absolute Gasteiger partial charge is 0.381 e. The van der Waals surface area contributed by atoms with E-state index in [0.717, 1.165) is 47.4 Å². The van der Waals surface area contributed by atoms with Crippen LogP contribution in [0, 0.1) is 0 Å². The van der Waals surface area contributed by atoms with E-state index in [9.17, 15) is 0 Å². The number of hydrogen-bond acceptors (Lipinski definition) is 3. The number of rotatable bonds is 1. The van der Waals surface area contributed by atoms with Crippen LogP contribution in [0.25, 0.3) is 21.9 Å². The zero-order valence-corrected chi connectivity index (χ0v) is 10.9. The highest BCUT2D eigenvalue weighted by molar-refractivity contribution is 6.31. The predicted molar refractivity (Wildman–Crippen MR) is 74.6 cm³/mol. The van der Waals surface area contributed by atoms with Crippen molar-refractivity contribution in [3.8, 4) is 0 Å². The van der Waals surface area contributed by atoms with Crippen LogP contribution in [0.4, 0.5) is 0 Å². The van der Waals surface area contributed by atoms with Crippen LogP contribution >= 0.6 is 11.6 Å². The number of hydrogen-bond donors (Lipinski definition) is 1. The predicted octanol–water partition coefficient (Wildman–Crippen LogP) is 3.27. The Morgan fingerprint density at radius 1 is 1.32 bits per heavy atom. The number of halogens is 1. The molecule has 4 nitrogen and oxygen atoms in total. The molecule has 1 fully saturated rings. The van der Waals surface area contributed by atoms with Gasteiger partial charge in [0.15, 0.2) is 0 Å². The highest BCUT2D eigenvalue weighted by atomic mass is 35.5. The van der Waals surface area contributed by atoms with Crippen molar-refractivity contribution >= 4 is 33.5 Å². The lowest BCUT2D eigenvalue weighted by molar-refractivity contribution is 0.193. The summed E-state index contributed by atoms with van der Waals surface area (Å²) in [6.07, 6.45) is 2.83. The number of benzene rings is 1. The number of ether oxygens (including phenoxy) is 1. The summed E-state index contributed by atoms with van der Waals surface area (Å²) >= 11 is 6.07. The lowest BCUT2D eigenvalue weighted by Gasteiger charge is -2.01. The molecule has 1 aliphatic heterocycles. The third-order valence-electron chi connectivity index (χ3n) is 3.62. The molecule has 3 heterocycles. The van der Waals surface area contributed by atoms with Crippen molar-refractivity contribution in [3.63, 3.8) is 0 Å². The second-order valence-electron chi connectivity index (χ2n) is 4.86. The van der Waals surface area contributed by atoms with E-state index in [1.807, 2.05) is 18.2 Å². The van der Waals surface area contributed by atoms with Gasteiger partial charge in [0, 0.05) is 22.9 Å². The molecule has 1 N–H and O–H groups in total. The van der Waals surface area contributed by atoms with Gasteiger partial charge in [-0.1, -0.05) is 11.6 Å². The Labute approximate surface area is 114 Å². The molecule has 3 aromatic rings. The zero-order chi connectivity index (χ0) is 12.8. The molecule has 0 unspecified atom stereocenters. The second kappa shape index (κ2) is 4.18. The number of aromatic nitrogens is 3. The first-order valence-electron chi connectivity index (χ1n) is 6.33. The van der Waals surface area contributed by atoms with Crippen molar-refractivity contribution in [1.82, 2.24) is 15.0 Å². The summed E-state index contributed by atoms with van der Waals surface area (Å²) in [5.41, 5.74) is 2.82. The van der Waals surface area contributed by atoms with Crippen LogP contribution in [0.2, 0.25) is 5.02 Å². The van der Waals surface area contributed by atoms with Gasteiger partial charge in [-0.2, -0.15) is 0 Å². The molecule has 1 aromatic carbocycles. The van der Waals surface area contributed by atoms with E-state index >= 15 is 0 Å². The van der Waals surface area contributed by atoms with Gasteiger partial charge in [-0.15, -0.1) is 0 Å². The van der Waals surface area contributed by atoms with E-state index < -0.39 is 0 Å². The first-order valence-corrected chi connectivity index (χ1v) is 6.71. The van der Waals surface area contributed by atoms with Crippen molar-refractivity contribution < 1.29 is 4.74 Å². The standard InChI is InChI=1S/C14H12ClN3O/c15-9-1-2-11-10(5-9)13-12(6-16-11)17-14(18-13)8-3-4-19-7-8/h1-2,5-6,8H,3-4,7H2,(H,17,18)/t8-/m0/s1. The molecule has 0 amide bonds. The quantitative estimate of drug-likeness (QED) is 0.740. The van der Waals surface area contributed by atoms with Gasteiger partial charge in [-0.05, 0) is 24.6 Å². The monoisotopic (exact) mass is 273 g/mol. The zero-order valence-electron chi connectivity index (χ0n) is 10.2. The van der Waals surface area contributed by atoms with Crippen LogP contribution in [0.3, 0.4) is 0 Å². The van der Waals surface area contributed by atoms with Gasteiger partial charge in [-0.3, -0.25) is 4.98 Å². The Hall–Kier alpha value is -1.65. The maximum Gasteiger partial charge on any atom is 0.112 e. The summed E-state index contributed by atoms with van der Waals surface area (Å²) in [4.78, 5) is 12.5. The molecular formula is C14H12ClN3O. The Morgan fingerprint density at radius 3 is 3.11 bits per heavy atom. The molecule has 2 aromatic heterocycles. The minimum absolute atomic E-state index is 0.363. The second-order valence-corrected chi connectivity index (χ2v) is 5.30. The number of fused-ring (bicyclic) bond motifs is 3. The SMILES string of the molecule is Clc1ccc2ncc3nc([C@H]4CCOC4)[nH]c3c2c1. The van der Waals surface area contributed by atoms with Crippen LogP contribution in [-0.4, -0.2) is 28.2 Å². The fourth-order valence-corrected chi connectivity index (χ4v) is 2.77. The summed E-state index contributed by atoms with van der Waals surface area (Å²) in [5, 5.41) is 1.73. The normalized spacial score (nSPS) is 19.5. The van der Waals surface area contributed by atoms with Crippen molar-refractivity contribution in [2.45, 2.75) is 12.3 Å². The maximum absolute atomic E-state index is 6.07. The van der Waals surface area contributed by atoms with E-state index in [-0.39, 0.29) is 0 Å².